The van der Waals surface area contributed by atoms with E-state index in [1.165, 1.54) is 25.0 Å². The van der Waals surface area contributed by atoms with Crippen molar-refractivity contribution >= 4 is 5.78 Å². The molecule has 0 aromatic carbocycles. The molecule has 2 saturated carbocycles. The van der Waals surface area contributed by atoms with Crippen LogP contribution in [0.4, 0.5) is 0 Å². The van der Waals surface area contributed by atoms with Gasteiger partial charge in [-0.3, -0.25) is 4.79 Å². The van der Waals surface area contributed by atoms with Crippen LogP contribution in [0.1, 0.15) is 71.6 Å². The fourth-order valence-corrected chi connectivity index (χ4v) is 6.41. The van der Waals surface area contributed by atoms with E-state index in [0.717, 1.165) is 57.0 Å². The summed E-state index contributed by atoms with van der Waals surface area (Å²) in [5, 5.41) is 0. The van der Waals surface area contributed by atoms with E-state index < -0.39 is 0 Å². The number of carbonyl (C=O) groups is 1. The van der Waals surface area contributed by atoms with Gasteiger partial charge < -0.3 is 4.74 Å². The Morgan fingerprint density at radius 3 is 2.87 bits per heavy atom. The first-order chi connectivity index (χ1) is 11.2. The predicted molar refractivity (Wildman–Crippen MR) is 91.9 cm³/mol. The number of ketones is 1. The number of fused-ring (bicyclic) bond motifs is 4. The molecule has 126 valence electrons. The Balaban J connectivity index is 1.58. The molecule has 0 bridgehead atoms. The minimum Gasteiger partial charge on any atom is -0.498 e. The van der Waals surface area contributed by atoms with Crippen LogP contribution in [0.25, 0.3) is 0 Å². The summed E-state index contributed by atoms with van der Waals surface area (Å²) >= 11 is 0. The summed E-state index contributed by atoms with van der Waals surface area (Å²) in [7, 11) is 0. The minimum absolute atomic E-state index is 0.0558. The second-order valence-electron chi connectivity index (χ2n) is 8.04. The summed E-state index contributed by atoms with van der Waals surface area (Å²) in [5.74, 6) is 3.99. The molecule has 0 N–H and O–H groups in total. The number of rotatable bonds is 3. The molecule has 0 aromatic heterocycles. The van der Waals surface area contributed by atoms with Crippen molar-refractivity contribution in [2.24, 2.45) is 23.2 Å². The number of allylic oxidation sites excluding steroid dienone is 3. The maximum atomic E-state index is 12.6. The van der Waals surface area contributed by atoms with Gasteiger partial charge in [0.1, 0.15) is 5.78 Å². The Kier molecular flexibility index (Phi) is 3.90. The molecule has 2 heteroatoms. The molecule has 4 aliphatic carbocycles. The maximum Gasteiger partial charge on any atom is 0.139 e. The van der Waals surface area contributed by atoms with E-state index in [9.17, 15) is 4.79 Å². The van der Waals surface area contributed by atoms with E-state index in [1.807, 2.05) is 0 Å². The quantitative estimate of drug-likeness (QED) is 0.670. The molecule has 0 radical (unpaired) electrons. The van der Waals surface area contributed by atoms with Crippen molar-refractivity contribution in [3.8, 4) is 0 Å². The third-order valence-corrected chi connectivity index (χ3v) is 7.46. The fourth-order valence-electron chi connectivity index (χ4n) is 6.41. The zero-order valence-corrected chi connectivity index (χ0v) is 14.7. The Bertz CT molecular complexity index is 570. The van der Waals surface area contributed by atoms with Crippen LogP contribution >= 0.6 is 0 Å². The number of hydrogen-bond acceptors (Lipinski definition) is 2. The molecule has 0 saturated heterocycles. The van der Waals surface area contributed by atoms with Crippen LogP contribution < -0.4 is 0 Å². The third-order valence-electron chi connectivity index (χ3n) is 7.46. The minimum atomic E-state index is 0.0558. The van der Waals surface area contributed by atoms with E-state index in [2.05, 4.69) is 19.9 Å². The van der Waals surface area contributed by atoms with Crippen molar-refractivity contribution < 1.29 is 9.53 Å². The second-order valence-corrected chi connectivity index (χ2v) is 8.04. The molecular weight excluding hydrogens is 284 g/mol. The molecule has 0 aliphatic heterocycles. The standard InChI is InChI=1S/C21H30O2/c1-3-21-12-11-17-16-8-6-15(23-4-2)13-14(16)5-7-18(17)19(21)9-10-20(21)22/h6,17-19H,3-5,7-13H2,1-2H3/t17-,18-,19+,21+/m1/s1. The molecule has 0 amide bonds. The molecule has 0 unspecified atom stereocenters. The summed E-state index contributed by atoms with van der Waals surface area (Å²) in [6.45, 7) is 5.11. The van der Waals surface area contributed by atoms with Crippen LogP contribution in [0.2, 0.25) is 0 Å². The number of carbonyl (C=O) groups excluding carboxylic acids is 1. The van der Waals surface area contributed by atoms with Gasteiger partial charge in [-0.1, -0.05) is 18.1 Å². The average molecular weight is 314 g/mol. The van der Waals surface area contributed by atoms with Gasteiger partial charge in [0.15, 0.2) is 0 Å². The Morgan fingerprint density at radius 2 is 2.09 bits per heavy atom. The smallest absolute Gasteiger partial charge is 0.139 e. The monoisotopic (exact) mass is 314 g/mol. The van der Waals surface area contributed by atoms with Gasteiger partial charge in [-0.25, -0.2) is 0 Å². The SMILES string of the molecule is CCOC1=CCC2=C(CC[C@@H]3[C@@H]2CC[C@]2(CC)C(=O)CC[C@@H]32)C1. The highest BCUT2D eigenvalue weighted by Gasteiger charge is 2.56. The van der Waals surface area contributed by atoms with Crippen molar-refractivity contribution in [2.75, 3.05) is 6.61 Å². The van der Waals surface area contributed by atoms with E-state index >= 15 is 0 Å². The average Bonchev–Trinajstić information content (AvgIpc) is 2.92. The molecule has 0 spiro atoms. The molecule has 2 fully saturated rings. The summed E-state index contributed by atoms with van der Waals surface area (Å²) in [5.41, 5.74) is 3.46. The molecule has 2 nitrogen and oxygen atoms in total. The molecule has 23 heavy (non-hydrogen) atoms. The number of hydrogen-bond donors (Lipinski definition) is 0. The lowest BCUT2D eigenvalue weighted by atomic mass is 9.53. The highest BCUT2D eigenvalue weighted by molar-refractivity contribution is 5.87. The van der Waals surface area contributed by atoms with Gasteiger partial charge in [0.2, 0.25) is 0 Å². The molecular formula is C21H30O2. The van der Waals surface area contributed by atoms with Crippen LogP contribution in [0.3, 0.4) is 0 Å². The lowest BCUT2D eigenvalue weighted by Gasteiger charge is -2.50. The number of Topliss-reactive ketones (excluding diaryl/α,β-unsaturated/α-hetero) is 1. The van der Waals surface area contributed by atoms with Gasteiger partial charge in [-0.2, -0.15) is 0 Å². The summed E-state index contributed by atoms with van der Waals surface area (Å²) < 4.78 is 5.77. The first-order valence-electron chi connectivity index (χ1n) is 9.75. The highest BCUT2D eigenvalue weighted by Crippen LogP contribution is 2.61. The lowest BCUT2D eigenvalue weighted by Crippen LogP contribution is -2.45. The molecule has 4 atom stereocenters. The van der Waals surface area contributed by atoms with Crippen LogP contribution in [0.5, 0.6) is 0 Å². The number of ether oxygens (including phenoxy) is 1. The van der Waals surface area contributed by atoms with Crippen LogP contribution in [0, 0.1) is 23.2 Å². The Labute approximate surface area is 140 Å². The van der Waals surface area contributed by atoms with E-state index in [-0.39, 0.29) is 5.41 Å². The summed E-state index contributed by atoms with van der Waals surface area (Å²) in [6, 6.07) is 0. The molecule has 0 aromatic rings. The van der Waals surface area contributed by atoms with E-state index in [1.54, 1.807) is 11.1 Å². The van der Waals surface area contributed by atoms with Gasteiger partial charge >= 0.3 is 0 Å². The van der Waals surface area contributed by atoms with Crippen molar-refractivity contribution in [2.45, 2.75) is 71.6 Å². The third kappa shape index (κ3) is 2.24. The van der Waals surface area contributed by atoms with Gasteiger partial charge in [-0.15, -0.1) is 0 Å². The van der Waals surface area contributed by atoms with E-state index in [0.29, 0.717) is 11.7 Å². The fraction of sp³-hybridized carbons (Fsp3) is 0.762. The normalized spacial score (nSPS) is 39.5. The largest absolute Gasteiger partial charge is 0.498 e. The lowest BCUT2D eigenvalue weighted by molar-refractivity contribution is -0.131. The molecule has 0 heterocycles. The zero-order chi connectivity index (χ0) is 16.0. The molecule has 4 aliphatic rings. The highest BCUT2D eigenvalue weighted by atomic mass is 16.5. The maximum absolute atomic E-state index is 12.6. The topological polar surface area (TPSA) is 26.3 Å². The van der Waals surface area contributed by atoms with Crippen molar-refractivity contribution in [1.29, 1.82) is 0 Å². The van der Waals surface area contributed by atoms with Crippen LogP contribution in [0.15, 0.2) is 23.0 Å². The predicted octanol–water partition coefficient (Wildman–Crippen LogP) is 5.19. The van der Waals surface area contributed by atoms with Crippen LogP contribution in [-0.2, 0) is 9.53 Å². The molecule has 4 rings (SSSR count). The van der Waals surface area contributed by atoms with Crippen molar-refractivity contribution in [3.05, 3.63) is 23.0 Å². The van der Waals surface area contributed by atoms with Gasteiger partial charge in [0, 0.05) is 18.3 Å². The second kappa shape index (κ2) is 5.79. The first kappa shape index (κ1) is 15.5. The van der Waals surface area contributed by atoms with Crippen molar-refractivity contribution in [1.82, 2.24) is 0 Å². The van der Waals surface area contributed by atoms with E-state index in [4.69, 9.17) is 4.74 Å². The van der Waals surface area contributed by atoms with Crippen molar-refractivity contribution in [3.63, 3.8) is 0 Å². The van der Waals surface area contributed by atoms with Gasteiger partial charge in [0.25, 0.3) is 0 Å². The summed E-state index contributed by atoms with van der Waals surface area (Å²) in [6.07, 6.45) is 12.5. The zero-order valence-electron chi connectivity index (χ0n) is 14.7. The first-order valence-corrected chi connectivity index (χ1v) is 9.75. The summed E-state index contributed by atoms with van der Waals surface area (Å²) in [4.78, 5) is 12.6. The van der Waals surface area contributed by atoms with Gasteiger partial charge in [0.05, 0.1) is 12.4 Å². The van der Waals surface area contributed by atoms with Gasteiger partial charge in [-0.05, 0) is 75.7 Å². The van der Waals surface area contributed by atoms with Crippen LogP contribution in [-0.4, -0.2) is 12.4 Å². The Morgan fingerprint density at radius 1 is 1.22 bits per heavy atom. The Hall–Kier alpha value is -1.05.